The highest BCUT2D eigenvalue weighted by molar-refractivity contribution is 7.89. The number of nitrogens with one attached hydrogen (secondary N) is 1. The van der Waals surface area contributed by atoms with Crippen LogP contribution in [0.3, 0.4) is 0 Å². The Kier molecular flexibility index (Phi) is 5.39. The van der Waals surface area contributed by atoms with Gasteiger partial charge in [-0.05, 0) is 24.1 Å². The van der Waals surface area contributed by atoms with Crippen molar-refractivity contribution in [2.45, 2.75) is 24.7 Å². The molecule has 0 atom stereocenters. The van der Waals surface area contributed by atoms with E-state index in [1.807, 2.05) is 13.0 Å². The quantitative estimate of drug-likeness (QED) is 0.828. The average molecular weight is 277 g/mol. The standard InChI is InChI=1S/C11H17ClN2O2S/c1-2-3-9-4-5-10(12)11(8-9)17(15,16)14-7-6-13/h4-5,8,14H,2-3,6-7,13H2,1H3. The summed E-state index contributed by atoms with van der Waals surface area (Å²) in [6.45, 7) is 2.50. The van der Waals surface area contributed by atoms with Gasteiger partial charge in [0.2, 0.25) is 10.0 Å². The van der Waals surface area contributed by atoms with E-state index in [9.17, 15) is 8.42 Å². The second-order valence-electron chi connectivity index (χ2n) is 3.70. The van der Waals surface area contributed by atoms with Crippen LogP contribution < -0.4 is 10.5 Å². The van der Waals surface area contributed by atoms with Gasteiger partial charge in [-0.25, -0.2) is 13.1 Å². The van der Waals surface area contributed by atoms with E-state index in [2.05, 4.69) is 4.72 Å². The van der Waals surface area contributed by atoms with Crippen LogP contribution in [0.5, 0.6) is 0 Å². The Bertz CT molecular complexity index is 474. The number of benzene rings is 1. The number of sulfonamides is 1. The molecule has 0 unspecified atom stereocenters. The Labute approximate surface area is 107 Å². The Hall–Kier alpha value is -0.620. The van der Waals surface area contributed by atoms with E-state index in [1.165, 1.54) is 0 Å². The monoisotopic (exact) mass is 276 g/mol. The normalized spacial score (nSPS) is 11.7. The highest BCUT2D eigenvalue weighted by Gasteiger charge is 2.17. The zero-order chi connectivity index (χ0) is 12.9. The van der Waals surface area contributed by atoms with Crippen LogP contribution >= 0.6 is 11.6 Å². The van der Waals surface area contributed by atoms with E-state index < -0.39 is 10.0 Å². The lowest BCUT2D eigenvalue weighted by atomic mass is 10.1. The summed E-state index contributed by atoms with van der Waals surface area (Å²) in [7, 11) is -3.56. The number of hydrogen-bond donors (Lipinski definition) is 2. The van der Waals surface area contributed by atoms with E-state index in [1.54, 1.807) is 12.1 Å². The Morgan fingerprint density at radius 3 is 2.71 bits per heavy atom. The minimum Gasteiger partial charge on any atom is -0.329 e. The molecule has 0 saturated heterocycles. The van der Waals surface area contributed by atoms with Gasteiger partial charge in [0.05, 0.1) is 5.02 Å². The summed E-state index contributed by atoms with van der Waals surface area (Å²) < 4.78 is 26.2. The van der Waals surface area contributed by atoms with E-state index in [-0.39, 0.29) is 23.0 Å². The van der Waals surface area contributed by atoms with E-state index in [4.69, 9.17) is 17.3 Å². The van der Waals surface area contributed by atoms with Crippen LogP contribution in [-0.4, -0.2) is 21.5 Å². The first-order chi connectivity index (χ1) is 8.01. The second-order valence-corrected chi connectivity index (χ2v) is 5.84. The molecule has 17 heavy (non-hydrogen) atoms. The Morgan fingerprint density at radius 2 is 2.12 bits per heavy atom. The lowest BCUT2D eigenvalue weighted by Crippen LogP contribution is -2.29. The van der Waals surface area contributed by atoms with Gasteiger partial charge < -0.3 is 5.73 Å². The third-order valence-corrected chi connectivity index (χ3v) is 4.20. The highest BCUT2D eigenvalue weighted by atomic mass is 35.5. The molecule has 0 fully saturated rings. The van der Waals surface area contributed by atoms with Crippen LogP contribution in [0, 0.1) is 0 Å². The molecule has 0 bridgehead atoms. The number of hydrogen-bond acceptors (Lipinski definition) is 3. The van der Waals surface area contributed by atoms with Crippen molar-refractivity contribution in [1.29, 1.82) is 0 Å². The van der Waals surface area contributed by atoms with Crippen LogP contribution in [0.15, 0.2) is 23.1 Å². The van der Waals surface area contributed by atoms with Gasteiger partial charge in [-0.15, -0.1) is 0 Å². The van der Waals surface area contributed by atoms with Crippen molar-refractivity contribution in [1.82, 2.24) is 4.72 Å². The SMILES string of the molecule is CCCc1ccc(Cl)c(S(=O)(=O)NCCN)c1. The van der Waals surface area contributed by atoms with E-state index in [0.717, 1.165) is 18.4 Å². The van der Waals surface area contributed by atoms with Gasteiger partial charge in [-0.2, -0.15) is 0 Å². The third-order valence-electron chi connectivity index (χ3n) is 2.26. The van der Waals surface area contributed by atoms with Crippen LogP contribution in [0.1, 0.15) is 18.9 Å². The zero-order valence-corrected chi connectivity index (χ0v) is 11.3. The van der Waals surface area contributed by atoms with E-state index in [0.29, 0.717) is 0 Å². The molecule has 3 N–H and O–H groups in total. The summed E-state index contributed by atoms with van der Waals surface area (Å²) in [5.74, 6) is 0. The summed E-state index contributed by atoms with van der Waals surface area (Å²) in [6.07, 6.45) is 1.79. The van der Waals surface area contributed by atoms with Crippen LogP contribution in [0.25, 0.3) is 0 Å². The molecule has 0 heterocycles. The number of aryl methyl sites for hydroxylation is 1. The maximum atomic E-state index is 11.9. The maximum absolute atomic E-state index is 11.9. The predicted octanol–water partition coefficient (Wildman–Crippen LogP) is 1.53. The number of nitrogens with two attached hydrogens (primary N) is 1. The molecular formula is C11H17ClN2O2S. The van der Waals surface area contributed by atoms with Crippen molar-refractivity contribution in [2.24, 2.45) is 5.73 Å². The largest absolute Gasteiger partial charge is 0.329 e. The van der Waals surface area contributed by atoms with E-state index >= 15 is 0 Å². The fourth-order valence-corrected chi connectivity index (χ4v) is 3.06. The number of rotatable bonds is 6. The van der Waals surface area contributed by atoms with Gasteiger partial charge in [-0.3, -0.25) is 0 Å². The molecule has 0 aromatic heterocycles. The first-order valence-electron chi connectivity index (χ1n) is 5.49. The van der Waals surface area contributed by atoms with Gasteiger partial charge in [-0.1, -0.05) is 31.0 Å². The van der Waals surface area contributed by atoms with Crippen molar-refractivity contribution in [3.8, 4) is 0 Å². The summed E-state index contributed by atoms with van der Waals surface area (Å²) in [6, 6.07) is 5.07. The van der Waals surface area contributed by atoms with Crippen LogP contribution in [0.2, 0.25) is 5.02 Å². The van der Waals surface area contributed by atoms with Crippen molar-refractivity contribution < 1.29 is 8.42 Å². The van der Waals surface area contributed by atoms with Gasteiger partial charge in [0.1, 0.15) is 4.90 Å². The fourth-order valence-electron chi connectivity index (χ4n) is 1.47. The van der Waals surface area contributed by atoms with Crippen LogP contribution in [-0.2, 0) is 16.4 Å². The second kappa shape index (κ2) is 6.35. The molecule has 6 heteroatoms. The molecule has 0 aliphatic carbocycles. The molecule has 0 radical (unpaired) electrons. The van der Waals surface area contributed by atoms with Gasteiger partial charge in [0.15, 0.2) is 0 Å². The fraction of sp³-hybridized carbons (Fsp3) is 0.455. The lowest BCUT2D eigenvalue weighted by molar-refractivity contribution is 0.582. The minimum atomic E-state index is -3.56. The van der Waals surface area contributed by atoms with Crippen molar-refractivity contribution in [2.75, 3.05) is 13.1 Å². The minimum absolute atomic E-state index is 0.124. The Morgan fingerprint density at radius 1 is 1.41 bits per heavy atom. The summed E-state index contributed by atoms with van der Waals surface area (Å²) in [4.78, 5) is 0.124. The zero-order valence-electron chi connectivity index (χ0n) is 9.74. The lowest BCUT2D eigenvalue weighted by Gasteiger charge is -2.09. The first kappa shape index (κ1) is 14.4. The molecule has 1 aromatic carbocycles. The predicted molar refractivity (Wildman–Crippen MR) is 69.7 cm³/mol. The summed E-state index contributed by atoms with van der Waals surface area (Å²) >= 11 is 5.91. The molecular weight excluding hydrogens is 260 g/mol. The molecule has 1 aromatic rings. The molecule has 0 aliphatic heterocycles. The smallest absolute Gasteiger partial charge is 0.242 e. The molecule has 1 rings (SSSR count). The van der Waals surface area contributed by atoms with Gasteiger partial charge >= 0.3 is 0 Å². The van der Waals surface area contributed by atoms with Crippen molar-refractivity contribution >= 4 is 21.6 Å². The van der Waals surface area contributed by atoms with Crippen molar-refractivity contribution in [3.63, 3.8) is 0 Å². The molecule has 96 valence electrons. The molecule has 4 nitrogen and oxygen atoms in total. The number of halogens is 1. The topological polar surface area (TPSA) is 72.2 Å². The average Bonchev–Trinajstić information content (AvgIpc) is 2.29. The van der Waals surface area contributed by atoms with Gasteiger partial charge in [0, 0.05) is 13.1 Å². The Balaban J connectivity index is 3.07. The first-order valence-corrected chi connectivity index (χ1v) is 7.35. The van der Waals surface area contributed by atoms with Crippen LogP contribution in [0.4, 0.5) is 0 Å². The molecule has 0 saturated carbocycles. The summed E-state index contributed by atoms with van der Waals surface area (Å²) in [5.41, 5.74) is 6.23. The van der Waals surface area contributed by atoms with Crippen molar-refractivity contribution in [3.05, 3.63) is 28.8 Å². The molecule has 0 aliphatic rings. The summed E-state index contributed by atoms with van der Waals surface area (Å²) in [5, 5.41) is 0.231. The third kappa shape index (κ3) is 3.96. The highest BCUT2D eigenvalue weighted by Crippen LogP contribution is 2.23. The maximum Gasteiger partial charge on any atom is 0.242 e. The van der Waals surface area contributed by atoms with Gasteiger partial charge in [0.25, 0.3) is 0 Å². The molecule has 0 amide bonds. The molecule has 0 spiro atoms.